The van der Waals surface area contributed by atoms with E-state index in [4.69, 9.17) is 16.3 Å². The van der Waals surface area contributed by atoms with Crippen LogP contribution < -0.4 is 0 Å². The highest BCUT2D eigenvalue weighted by Crippen LogP contribution is 2.26. The maximum atomic E-state index is 12.9. The number of hydrogen-bond donors (Lipinski definition) is 0. The molecule has 0 aliphatic carbocycles. The fraction of sp³-hybridized carbons (Fsp3) is 0.130. The molecule has 3 aromatic rings. The van der Waals surface area contributed by atoms with Crippen LogP contribution >= 0.6 is 11.6 Å². The lowest BCUT2D eigenvalue weighted by Gasteiger charge is -2.16. The molecule has 0 aliphatic rings. The van der Waals surface area contributed by atoms with Crippen LogP contribution in [0.3, 0.4) is 0 Å². The minimum atomic E-state index is -0.557. The Kier molecular flexibility index (Phi) is 5.72. The zero-order valence-corrected chi connectivity index (χ0v) is 15.9. The summed E-state index contributed by atoms with van der Waals surface area (Å²) in [5.74, 6) is -0.772. The van der Waals surface area contributed by atoms with Gasteiger partial charge in [-0.05, 0) is 26.0 Å². The molecule has 0 fully saturated rings. The number of rotatable bonds is 5. The summed E-state index contributed by atoms with van der Waals surface area (Å²) in [6, 6.07) is 21.1. The predicted molar refractivity (Wildman–Crippen MR) is 106 cm³/mol. The van der Waals surface area contributed by atoms with Gasteiger partial charge in [0, 0.05) is 21.7 Å². The van der Waals surface area contributed by atoms with Gasteiger partial charge >= 0.3 is 5.97 Å². The molecule has 0 aromatic heterocycles. The lowest BCUT2D eigenvalue weighted by atomic mass is 9.97. The van der Waals surface area contributed by atoms with E-state index < -0.39 is 12.1 Å². The van der Waals surface area contributed by atoms with E-state index in [0.29, 0.717) is 16.1 Å². The zero-order valence-electron chi connectivity index (χ0n) is 15.1. The van der Waals surface area contributed by atoms with Crippen molar-refractivity contribution in [1.82, 2.24) is 0 Å². The highest BCUT2D eigenvalue weighted by atomic mass is 35.5. The van der Waals surface area contributed by atoms with Crippen molar-refractivity contribution in [3.63, 3.8) is 0 Å². The largest absolute Gasteiger partial charge is 0.454 e. The number of carbonyl (C=O) groups excluding carboxylic acids is 2. The van der Waals surface area contributed by atoms with Crippen LogP contribution in [0.25, 0.3) is 0 Å². The Bertz CT molecular complexity index is 977. The number of benzene rings is 3. The second-order valence-electron chi connectivity index (χ2n) is 6.31. The number of carbonyl (C=O) groups is 2. The van der Waals surface area contributed by atoms with Gasteiger partial charge in [0.1, 0.15) is 6.10 Å². The minimum absolute atomic E-state index is 0.215. The van der Waals surface area contributed by atoms with Gasteiger partial charge in [-0.2, -0.15) is 0 Å². The fourth-order valence-electron chi connectivity index (χ4n) is 2.81. The van der Waals surface area contributed by atoms with Gasteiger partial charge in [0.15, 0.2) is 5.78 Å². The number of aryl methyl sites for hydroxylation is 1. The quantitative estimate of drug-likeness (QED) is 0.416. The lowest BCUT2D eigenvalue weighted by molar-refractivity contribution is 0.0336. The van der Waals surface area contributed by atoms with Crippen molar-refractivity contribution in [2.24, 2.45) is 0 Å². The van der Waals surface area contributed by atoms with Gasteiger partial charge in [-0.25, -0.2) is 4.79 Å². The summed E-state index contributed by atoms with van der Waals surface area (Å²) in [5, 5.41) is 0.529. The number of hydrogen-bond acceptors (Lipinski definition) is 3. The smallest absolute Gasteiger partial charge is 0.339 e. The molecular formula is C23H19ClO3. The second-order valence-corrected chi connectivity index (χ2v) is 6.72. The summed E-state index contributed by atoms with van der Waals surface area (Å²) in [4.78, 5) is 25.6. The van der Waals surface area contributed by atoms with E-state index in [2.05, 4.69) is 0 Å². The highest BCUT2D eigenvalue weighted by Gasteiger charge is 2.21. The molecule has 27 heavy (non-hydrogen) atoms. The van der Waals surface area contributed by atoms with Gasteiger partial charge < -0.3 is 4.74 Å². The summed E-state index contributed by atoms with van der Waals surface area (Å²) < 4.78 is 5.57. The number of ketones is 1. The third kappa shape index (κ3) is 4.26. The normalized spacial score (nSPS) is 11.7. The van der Waals surface area contributed by atoms with Crippen LogP contribution in [0.5, 0.6) is 0 Å². The Morgan fingerprint density at radius 3 is 2.11 bits per heavy atom. The van der Waals surface area contributed by atoms with Crippen molar-refractivity contribution in [2.45, 2.75) is 20.0 Å². The Morgan fingerprint density at radius 1 is 0.852 bits per heavy atom. The molecule has 136 valence electrons. The van der Waals surface area contributed by atoms with Gasteiger partial charge in [0.05, 0.1) is 5.56 Å². The van der Waals surface area contributed by atoms with Crippen molar-refractivity contribution in [2.75, 3.05) is 0 Å². The van der Waals surface area contributed by atoms with Gasteiger partial charge in [0.25, 0.3) is 0 Å². The Hall–Kier alpha value is -2.91. The van der Waals surface area contributed by atoms with Crippen molar-refractivity contribution >= 4 is 23.4 Å². The molecule has 4 heteroatoms. The third-order valence-corrected chi connectivity index (χ3v) is 4.68. The minimum Gasteiger partial charge on any atom is -0.454 e. The lowest BCUT2D eigenvalue weighted by Crippen LogP contribution is -2.14. The molecule has 3 nitrogen and oxygen atoms in total. The summed E-state index contributed by atoms with van der Waals surface area (Å²) in [6.45, 7) is 3.71. The van der Waals surface area contributed by atoms with Crippen molar-refractivity contribution in [1.29, 1.82) is 0 Å². The molecule has 0 heterocycles. The molecule has 0 saturated heterocycles. The van der Waals surface area contributed by atoms with Crippen LogP contribution in [0, 0.1) is 6.92 Å². The van der Waals surface area contributed by atoms with Gasteiger partial charge in [-0.3, -0.25) is 4.79 Å². The molecule has 0 bridgehead atoms. The average molecular weight is 379 g/mol. The maximum absolute atomic E-state index is 12.9. The molecule has 3 aromatic carbocycles. The molecule has 0 N–H and O–H groups in total. The number of halogens is 1. The van der Waals surface area contributed by atoms with Gasteiger partial charge in [-0.15, -0.1) is 0 Å². The van der Waals surface area contributed by atoms with E-state index in [1.165, 1.54) is 0 Å². The fourth-order valence-corrected chi connectivity index (χ4v) is 3.10. The Labute approximate surface area is 163 Å². The number of esters is 1. The molecule has 0 radical (unpaired) electrons. The molecule has 0 spiro atoms. The van der Waals surface area contributed by atoms with Crippen LogP contribution in [-0.2, 0) is 4.74 Å². The molecule has 3 rings (SSSR count). The first-order valence-corrected chi connectivity index (χ1v) is 9.01. The first-order valence-electron chi connectivity index (χ1n) is 8.63. The molecular weight excluding hydrogens is 360 g/mol. The van der Waals surface area contributed by atoms with Crippen molar-refractivity contribution in [3.8, 4) is 0 Å². The van der Waals surface area contributed by atoms with Crippen LogP contribution in [0.1, 0.15) is 50.4 Å². The standard InChI is InChI=1S/C23H19ClO3/c1-15-11-13-17(14-12-15)22(25)19-8-3-4-9-20(19)23(26)27-16(2)18-7-5-6-10-21(18)24/h3-14,16H,1-2H3/t16-/m1/s1. The summed E-state index contributed by atoms with van der Waals surface area (Å²) in [6.07, 6.45) is -0.534. The van der Waals surface area contributed by atoms with E-state index in [0.717, 1.165) is 11.1 Å². The van der Waals surface area contributed by atoms with E-state index in [1.807, 2.05) is 37.3 Å². The van der Waals surface area contributed by atoms with E-state index in [1.54, 1.807) is 49.4 Å². The molecule has 0 unspecified atom stereocenters. The van der Waals surface area contributed by atoms with Crippen LogP contribution in [0.15, 0.2) is 72.8 Å². The van der Waals surface area contributed by atoms with Gasteiger partial charge in [-0.1, -0.05) is 77.8 Å². The summed E-state index contributed by atoms with van der Waals surface area (Å²) >= 11 is 6.18. The zero-order chi connectivity index (χ0) is 19.4. The maximum Gasteiger partial charge on any atom is 0.339 e. The SMILES string of the molecule is Cc1ccc(C(=O)c2ccccc2C(=O)O[C@H](C)c2ccccc2Cl)cc1. The van der Waals surface area contributed by atoms with E-state index in [-0.39, 0.29) is 11.3 Å². The highest BCUT2D eigenvalue weighted by molar-refractivity contribution is 6.31. The summed E-state index contributed by atoms with van der Waals surface area (Å²) in [7, 11) is 0. The van der Waals surface area contributed by atoms with Crippen LogP contribution in [0.4, 0.5) is 0 Å². The monoisotopic (exact) mass is 378 g/mol. The Balaban J connectivity index is 1.87. The number of ether oxygens (including phenoxy) is 1. The summed E-state index contributed by atoms with van der Waals surface area (Å²) in [5.41, 5.74) is 2.86. The molecule has 0 aliphatic heterocycles. The molecule has 0 amide bonds. The van der Waals surface area contributed by atoms with E-state index >= 15 is 0 Å². The van der Waals surface area contributed by atoms with Crippen LogP contribution in [0.2, 0.25) is 5.02 Å². The molecule has 1 atom stereocenters. The predicted octanol–water partition coefficient (Wildman–Crippen LogP) is 5.80. The molecule has 0 saturated carbocycles. The second kappa shape index (κ2) is 8.19. The topological polar surface area (TPSA) is 43.4 Å². The first kappa shape index (κ1) is 18.9. The van der Waals surface area contributed by atoms with Crippen molar-refractivity contribution in [3.05, 3.63) is 106 Å². The van der Waals surface area contributed by atoms with Crippen LogP contribution in [-0.4, -0.2) is 11.8 Å². The average Bonchev–Trinajstić information content (AvgIpc) is 2.68. The Morgan fingerprint density at radius 2 is 1.44 bits per heavy atom. The van der Waals surface area contributed by atoms with Crippen molar-refractivity contribution < 1.29 is 14.3 Å². The van der Waals surface area contributed by atoms with E-state index in [9.17, 15) is 9.59 Å². The first-order chi connectivity index (χ1) is 13.0. The third-order valence-electron chi connectivity index (χ3n) is 4.33. The van der Waals surface area contributed by atoms with Gasteiger partial charge in [0.2, 0.25) is 0 Å².